The highest BCUT2D eigenvalue weighted by molar-refractivity contribution is 5.93. The van der Waals surface area contributed by atoms with E-state index < -0.39 is 0 Å². The van der Waals surface area contributed by atoms with E-state index in [1.165, 1.54) is 0 Å². The third-order valence-corrected chi connectivity index (χ3v) is 2.96. The van der Waals surface area contributed by atoms with Gasteiger partial charge in [-0.15, -0.1) is 0 Å². The molecule has 5 heteroatoms. The Morgan fingerprint density at radius 2 is 2.20 bits per heavy atom. The summed E-state index contributed by atoms with van der Waals surface area (Å²) in [5.74, 6) is -0.0559. The third-order valence-electron chi connectivity index (χ3n) is 2.96. The third kappa shape index (κ3) is 3.68. The molecule has 2 aromatic rings. The molecule has 0 aliphatic rings. The number of aromatic nitrogens is 1. The Bertz CT molecular complexity index is 599. The summed E-state index contributed by atoms with van der Waals surface area (Å²) in [6.07, 6.45) is 1.74. The van der Waals surface area contributed by atoms with Crippen LogP contribution in [-0.2, 0) is 9.53 Å². The maximum Gasteiger partial charge on any atom is 0.239 e. The number of benzene rings is 1. The maximum atomic E-state index is 11.6. The van der Waals surface area contributed by atoms with Crippen LogP contribution in [0.5, 0.6) is 0 Å². The van der Waals surface area contributed by atoms with Crippen molar-refractivity contribution < 1.29 is 9.53 Å². The molecule has 0 fully saturated rings. The average Bonchev–Trinajstić information content (AvgIpc) is 2.45. The topological polar surface area (TPSA) is 63.2 Å². The fourth-order valence-electron chi connectivity index (χ4n) is 1.94. The van der Waals surface area contributed by atoms with E-state index in [1.54, 1.807) is 13.3 Å². The molecule has 0 bridgehead atoms. The average molecular weight is 273 g/mol. The number of methoxy groups -OCH3 is 1. The van der Waals surface area contributed by atoms with Gasteiger partial charge in [-0.1, -0.05) is 11.6 Å². The molecule has 5 nitrogen and oxygen atoms in total. The van der Waals surface area contributed by atoms with Crippen molar-refractivity contribution in [2.45, 2.75) is 6.92 Å². The van der Waals surface area contributed by atoms with Crippen molar-refractivity contribution in [2.75, 3.05) is 32.1 Å². The van der Waals surface area contributed by atoms with Crippen molar-refractivity contribution in [2.24, 2.45) is 0 Å². The van der Waals surface area contributed by atoms with Crippen LogP contribution in [0.25, 0.3) is 10.9 Å². The first kappa shape index (κ1) is 14.3. The van der Waals surface area contributed by atoms with Gasteiger partial charge < -0.3 is 15.4 Å². The summed E-state index contributed by atoms with van der Waals surface area (Å²) in [5.41, 5.74) is 3.00. The number of carbonyl (C=O) groups is 1. The predicted molar refractivity (Wildman–Crippen MR) is 79.9 cm³/mol. The first-order valence-corrected chi connectivity index (χ1v) is 6.55. The highest BCUT2D eigenvalue weighted by atomic mass is 16.5. The van der Waals surface area contributed by atoms with Crippen LogP contribution in [0.15, 0.2) is 30.5 Å². The second-order valence-electron chi connectivity index (χ2n) is 4.58. The van der Waals surface area contributed by atoms with Crippen LogP contribution in [0.1, 0.15) is 5.56 Å². The molecule has 1 amide bonds. The Hall–Kier alpha value is -2.14. The number of hydrogen-bond donors (Lipinski definition) is 2. The van der Waals surface area contributed by atoms with E-state index in [0.29, 0.717) is 13.2 Å². The zero-order valence-electron chi connectivity index (χ0n) is 11.8. The number of fused-ring (bicyclic) bond motifs is 1. The molecule has 0 aliphatic carbocycles. The van der Waals surface area contributed by atoms with Crippen molar-refractivity contribution in [1.82, 2.24) is 10.3 Å². The zero-order valence-corrected chi connectivity index (χ0v) is 11.8. The monoisotopic (exact) mass is 273 g/mol. The molecular formula is C15H19N3O2. The molecule has 1 heterocycles. The number of anilines is 1. The first-order valence-electron chi connectivity index (χ1n) is 6.55. The van der Waals surface area contributed by atoms with Crippen molar-refractivity contribution in [1.29, 1.82) is 0 Å². The van der Waals surface area contributed by atoms with E-state index in [-0.39, 0.29) is 12.5 Å². The van der Waals surface area contributed by atoms with Gasteiger partial charge in [0.15, 0.2) is 0 Å². The molecule has 0 unspecified atom stereocenters. The van der Waals surface area contributed by atoms with E-state index >= 15 is 0 Å². The number of hydrogen-bond acceptors (Lipinski definition) is 4. The van der Waals surface area contributed by atoms with Gasteiger partial charge in [-0.05, 0) is 25.1 Å². The first-order chi connectivity index (χ1) is 9.70. The van der Waals surface area contributed by atoms with Crippen molar-refractivity contribution >= 4 is 22.5 Å². The molecule has 1 aromatic carbocycles. The minimum absolute atomic E-state index is 0.0559. The summed E-state index contributed by atoms with van der Waals surface area (Å²) in [4.78, 5) is 16.0. The number of rotatable bonds is 6. The molecule has 2 rings (SSSR count). The van der Waals surface area contributed by atoms with Crippen molar-refractivity contribution in [3.05, 3.63) is 36.0 Å². The van der Waals surface area contributed by atoms with E-state index in [0.717, 1.165) is 22.2 Å². The quantitative estimate of drug-likeness (QED) is 0.787. The maximum absolute atomic E-state index is 11.6. The van der Waals surface area contributed by atoms with E-state index in [2.05, 4.69) is 21.7 Å². The molecule has 0 saturated carbocycles. The number of amides is 1. The Morgan fingerprint density at radius 3 is 3.00 bits per heavy atom. The minimum atomic E-state index is -0.0559. The van der Waals surface area contributed by atoms with Crippen LogP contribution in [0.3, 0.4) is 0 Å². The number of nitrogens with zero attached hydrogens (tertiary/aromatic N) is 1. The number of nitrogens with one attached hydrogen (secondary N) is 2. The lowest BCUT2D eigenvalue weighted by Crippen LogP contribution is -2.32. The lowest BCUT2D eigenvalue weighted by Gasteiger charge is -2.10. The van der Waals surface area contributed by atoms with E-state index in [9.17, 15) is 4.79 Å². The Labute approximate surface area is 118 Å². The summed E-state index contributed by atoms with van der Waals surface area (Å²) < 4.78 is 4.88. The highest BCUT2D eigenvalue weighted by Crippen LogP contribution is 2.22. The van der Waals surface area contributed by atoms with Crippen molar-refractivity contribution in [3.8, 4) is 0 Å². The smallest absolute Gasteiger partial charge is 0.239 e. The minimum Gasteiger partial charge on any atom is -0.383 e. The summed E-state index contributed by atoms with van der Waals surface area (Å²) in [6, 6.07) is 7.95. The van der Waals surface area contributed by atoms with Gasteiger partial charge in [0, 0.05) is 30.9 Å². The van der Waals surface area contributed by atoms with Gasteiger partial charge in [-0.2, -0.15) is 0 Å². The number of ether oxygens (including phenoxy) is 1. The fraction of sp³-hybridized carbons (Fsp3) is 0.333. The van der Waals surface area contributed by atoms with Crippen LogP contribution in [0.2, 0.25) is 0 Å². The molecule has 106 valence electrons. The molecule has 1 aromatic heterocycles. The molecule has 0 radical (unpaired) electrons. The van der Waals surface area contributed by atoms with Crippen molar-refractivity contribution in [3.63, 3.8) is 0 Å². The van der Waals surface area contributed by atoms with Gasteiger partial charge in [0.25, 0.3) is 0 Å². The summed E-state index contributed by atoms with van der Waals surface area (Å²) in [6.45, 7) is 3.31. The van der Waals surface area contributed by atoms with Crippen LogP contribution in [0.4, 0.5) is 5.69 Å². The van der Waals surface area contributed by atoms with Gasteiger partial charge in [0.05, 0.1) is 18.7 Å². The standard InChI is InChI=1S/C15H19N3O2/c1-11-3-4-13-12(9-11)14(5-6-16-13)18-10-15(19)17-7-8-20-2/h3-6,9H,7-8,10H2,1-2H3,(H,16,18)(H,17,19). The lowest BCUT2D eigenvalue weighted by molar-refractivity contribution is -0.119. The number of aryl methyl sites for hydroxylation is 1. The van der Waals surface area contributed by atoms with Gasteiger partial charge in [-0.25, -0.2) is 0 Å². The summed E-state index contributed by atoms with van der Waals surface area (Å²) >= 11 is 0. The normalized spacial score (nSPS) is 10.5. The van der Waals surface area contributed by atoms with Gasteiger partial charge >= 0.3 is 0 Å². The van der Waals surface area contributed by atoms with Gasteiger partial charge in [0.1, 0.15) is 0 Å². The van der Waals surface area contributed by atoms with E-state index in [4.69, 9.17) is 4.74 Å². The summed E-state index contributed by atoms with van der Waals surface area (Å²) in [5, 5.41) is 6.95. The number of pyridine rings is 1. The second-order valence-corrected chi connectivity index (χ2v) is 4.58. The molecule has 20 heavy (non-hydrogen) atoms. The second kappa shape index (κ2) is 6.86. The molecule has 0 spiro atoms. The SMILES string of the molecule is COCCNC(=O)CNc1ccnc2ccc(C)cc12. The largest absolute Gasteiger partial charge is 0.383 e. The Morgan fingerprint density at radius 1 is 1.35 bits per heavy atom. The van der Waals surface area contributed by atoms with Crippen LogP contribution in [0, 0.1) is 6.92 Å². The summed E-state index contributed by atoms with van der Waals surface area (Å²) in [7, 11) is 1.61. The van der Waals surface area contributed by atoms with Gasteiger partial charge in [-0.3, -0.25) is 9.78 Å². The number of carbonyl (C=O) groups excluding carboxylic acids is 1. The zero-order chi connectivity index (χ0) is 14.4. The van der Waals surface area contributed by atoms with Gasteiger partial charge in [0.2, 0.25) is 5.91 Å². The Kier molecular flexibility index (Phi) is 4.90. The molecule has 0 saturated heterocycles. The molecule has 0 atom stereocenters. The Balaban J connectivity index is 2.02. The predicted octanol–water partition coefficient (Wildman–Crippen LogP) is 1.72. The van der Waals surface area contributed by atoms with Crippen LogP contribution >= 0.6 is 0 Å². The van der Waals surface area contributed by atoms with Crippen LogP contribution < -0.4 is 10.6 Å². The highest BCUT2D eigenvalue weighted by Gasteiger charge is 2.04. The fourth-order valence-corrected chi connectivity index (χ4v) is 1.94. The molecule has 0 aliphatic heterocycles. The lowest BCUT2D eigenvalue weighted by atomic mass is 10.1. The van der Waals surface area contributed by atoms with E-state index in [1.807, 2.05) is 25.1 Å². The molecular weight excluding hydrogens is 254 g/mol. The van der Waals surface area contributed by atoms with Crippen LogP contribution in [-0.4, -0.2) is 37.7 Å². The molecule has 2 N–H and O–H groups in total.